The molecule has 2 aromatic rings. The summed E-state index contributed by atoms with van der Waals surface area (Å²) >= 11 is 5.91. The number of primary amides is 1. The lowest BCUT2D eigenvalue weighted by molar-refractivity contribution is -0.123. The number of amides is 1. The molecule has 2 heterocycles. The van der Waals surface area contributed by atoms with Gasteiger partial charge in [0, 0.05) is 31.2 Å². The fraction of sp³-hybridized carbons (Fsp3) is 0.294. The summed E-state index contributed by atoms with van der Waals surface area (Å²) in [6.45, 7) is 2.70. The van der Waals surface area contributed by atoms with Crippen LogP contribution in [0.1, 0.15) is 11.6 Å². The van der Waals surface area contributed by atoms with Crippen LogP contribution >= 0.6 is 11.6 Å². The SMILES string of the molecule is NC(=O)[C@@H](c1ccc(Cl)cc1)N1CCN(c2ccc(F)cn2)CC1. The van der Waals surface area contributed by atoms with Crippen LogP contribution in [0.25, 0.3) is 0 Å². The van der Waals surface area contributed by atoms with E-state index in [4.69, 9.17) is 17.3 Å². The molecule has 1 atom stereocenters. The van der Waals surface area contributed by atoms with Crippen LogP contribution in [0.2, 0.25) is 5.02 Å². The molecule has 1 fully saturated rings. The molecule has 0 unspecified atom stereocenters. The number of anilines is 1. The van der Waals surface area contributed by atoms with E-state index in [0.717, 1.165) is 11.4 Å². The van der Waals surface area contributed by atoms with Crippen molar-refractivity contribution in [1.29, 1.82) is 0 Å². The van der Waals surface area contributed by atoms with Crippen LogP contribution in [-0.2, 0) is 4.79 Å². The number of pyridine rings is 1. The second kappa shape index (κ2) is 7.15. The minimum Gasteiger partial charge on any atom is -0.368 e. The quantitative estimate of drug-likeness (QED) is 0.920. The molecular formula is C17H18ClFN4O. The third kappa shape index (κ3) is 3.66. The van der Waals surface area contributed by atoms with E-state index in [0.29, 0.717) is 31.2 Å². The lowest BCUT2D eigenvalue weighted by Gasteiger charge is -2.38. The first-order valence-corrected chi connectivity index (χ1v) is 8.08. The zero-order chi connectivity index (χ0) is 17.1. The van der Waals surface area contributed by atoms with Crippen molar-refractivity contribution in [2.24, 2.45) is 5.73 Å². The van der Waals surface area contributed by atoms with Gasteiger partial charge in [0.2, 0.25) is 5.91 Å². The van der Waals surface area contributed by atoms with Crippen LogP contribution < -0.4 is 10.6 Å². The van der Waals surface area contributed by atoms with Gasteiger partial charge in [-0.25, -0.2) is 9.37 Å². The fourth-order valence-electron chi connectivity index (χ4n) is 2.96. The van der Waals surface area contributed by atoms with Crippen molar-refractivity contribution in [2.75, 3.05) is 31.1 Å². The van der Waals surface area contributed by atoms with E-state index in [9.17, 15) is 9.18 Å². The summed E-state index contributed by atoms with van der Waals surface area (Å²) < 4.78 is 13.0. The van der Waals surface area contributed by atoms with Gasteiger partial charge in [-0.2, -0.15) is 0 Å². The number of hydrogen-bond donors (Lipinski definition) is 1. The number of rotatable bonds is 4. The van der Waals surface area contributed by atoms with E-state index < -0.39 is 6.04 Å². The van der Waals surface area contributed by atoms with E-state index >= 15 is 0 Å². The minimum absolute atomic E-state index is 0.353. The van der Waals surface area contributed by atoms with Crippen molar-refractivity contribution in [3.05, 3.63) is 59.0 Å². The Labute approximate surface area is 144 Å². The lowest BCUT2D eigenvalue weighted by Crippen LogP contribution is -2.50. The average Bonchev–Trinajstić information content (AvgIpc) is 2.58. The summed E-state index contributed by atoms with van der Waals surface area (Å²) in [7, 11) is 0. The molecule has 1 aliphatic rings. The smallest absolute Gasteiger partial charge is 0.239 e. The maximum atomic E-state index is 13.0. The molecule has 0 aliphatic carbocycles. The highest BCUT2D eigenvalue weighted by atomic mass is 35.5. The second-order valence-electron chi connectivity index (χ2n) is 5.71. The molecule has 0 saturated carbocycles. The molecular weight excluding hydrogens is 331 g/mol. The molecule has 1 saturated heterocycles. The number of halogens is 2. The number of nitrogens with two attached hydrogens (primary N) is 1. The molecule has 2 N–H and O–H groups in total. The number of aromatic nitrogens is 1. The maximum Gasteiger partial charge on any atom is 0.239 e. The molecule has 0 spiro atoms. The van der Waals surface area contributed by atoms with Gasteiger partial charge in [0.05, 0.1) is 6.20 Å². The van der Waals surface area contributed by atoms with Crippen molar-refractivity contribution in [1.82, 2.24) is 9.88 Å². The Morgan fingerprint density at radius 3 is 2.33 bits per heavy atom. The van der Waals surface area contributed by atoms with Gasteiger partial charge in [-0.3, -0.25) is 9.69 Å². The largest absolute Gasteiger partial charge is 0.368 e. The first-order chi connectivity index (χ1) is 11.5. The van der Waals surface area contributed by atoms with Gasteiger partial charge in [-0.15, -0.1) is 0 Å². The van der Waals surface area contributed by atoms with Crippen LogP contribution in [0.15, 0.2) is 42.6 Å². The standard InChI is InChI=1S/C17H18ClFN4O/c18-13-3-1-12(2-4-13)16(17(20)24)23-9-7-22(8-10-23)15-6-5-14(19)11-21-15/h1-6,11,16H,7-10H2,(H2,20,24)/t16-/m1/s1. The molecule has 24 heavy (non-hydrogen) atoms. The predicted octanol–water partition coefficient (Wildman–Crippen LogP) is 2.22. The Hall–Kier alpha value is -2.18. The van der Waals surface area contributed by atoms with Crippen molar-refractivity contribution in [3.8, 4) is 0 Å². The van der Waals surface area contributed by atoms with E-state index in [2.05, 4.69) is 9.88 Å². The highest BCUT2D eigenvalue weighted by Gasteiger charge is 2.29. The number of benzene rings is 1. The summed E-state index contributed by atoms with van der Waals surface area (Å²) in [6.07, 6.45) is 1.21. The molecule has 0 bridgehead atoms. The van der Waals surface area contributed by atoms with Crippen molar-refractivity contribution < 1.29 is 9.18 Å². The summed E-state index contributed by atoms with van der Waals surface area (Å²) in [5, 5.41) is 0.620. The molecule has 3 rings (SSSR count). The van der Waals surface area contributed by atoms with Crippen LogP contribution in [0.5, 0.6) is 0 Å². The van der Waals surface area contributed by atoms with Gasteiger partial charge >= 0.3 is 0 Å². The topological polar surface area (TPSA) is 62.5 Å². The zero-order valence-electron chi connectivity index (χ0n) is 13.0. The average molecular weight is 349 g/mol. The van der Waals surface area contributed by atoms with Crippen LogP contribution in [0.3, 0.4) is 0 Å². The third-order valence-corrected chi connectivity index (χ3v) is 4.42. The molecule has 1 amide bonds. The molecule has 1 aromatic carbocycles. The van der Waals surface area contributed by atoms with Crippen molar-refractivity contribution >= 4 is 23.3 Å². The van der Waals surface area contributed by atoms with E-state index in [-0.39, 0.29) is 11.7 Å². The fourth-order valence-corrected chi connectivity index (χ4v) is 3.09. The predicted molar refractivity (Wildman–Crippen MR) is 91.4 cm³/mol. The van der Waals surface area contributed by atoms with Gasteiger partial charge in [0.15, 0.2) is 0 Å². The highest BCUT2D eigenvalue weighted by Crippen LogP contribution is 2.24. The van der Waals surface area contributed by atoms with E-state index in [1.54, 1.807) is 18.2 Å². The molecule has 1 aliphatic heterocycles. The maximum absolute atomic E-state index is 13.0. The minimum atomic E-state index is -0.481. The Balaban J connectivity index is 1.70. The normalized spacial score (nSPS) is 16.8. The lowest BCUT2D eigenvalue weighted by atomic mass is 10.0. The molecule has 7 heteroatoms. The highest BCUT2D eigenvalue weighted by molar-refractivity contribution is 6.30. The second-order valence-corrected chi connectivity index (χ2v) is 6.15. The summed E-state index contributed by atoms with van der Waals surface area (Å²) in [4.78, 5) is 20.2. The molecule has 0 radical (unpaired) electrons. The zero-order valence-corrected chi connectivity index (χ0v) is 13.8. The van der Waals surface area contributed by atoms with Crippen molar-refractivity contribution in [2.45, 2.75) is 6.04 Å². The van der Waals surface area contributed by atoms with E-state index in [1.165, 1.54) is 12.3 Å². The van der Waals surface area contributed by atoms with Gasteiger partial charge in [0.25, 0.3) is 0 Å². The summed E-state index contributed by atoms with van der Waals surface area (Å²) in [5.74, 6) is -0.00207. The molecule has 126 valence electrons. The van der Waals surface area contributed by atoms with Crippen LogP contribution in [0, 0.1) is 5.82 Å². The number of piperazine rings is 1. The van der Waals surface area contributed by atoms with Gasteiger partial charge in [-0.1, -0.05) is 23.7 Å². The van der Waals surface area contributed by atoms with Gasteiger partial charge in [-0.05, 0) is 29.8 Å². The molecule has 5 nitrogen and oxygen atoms in total. The van der Waals surface area contributed by atoms with Gasteiger partial charge in [0.1, 0.15) is 17.7 Å². The Morgan fingerprint density at radius 2 is 1.79 bits per heavy atom. The first-order valence-electron chi connectivity index (χ1n) is 7.70. The summed E-state index contributed by atoms with van der Waals surface area (Å²) in [6, 6.07) is 9.74. The Bertz CT molecular complexity index is 700. The van der Waals surface area contributed by atoms with Crippen molar-refractivity contribution in [3.63, 3.8) is 0 Å². The Kier molecular flexibility index (Phi) is 4.97. The first kappa shape index (κ1) is 16.7. The Morgan fingerprint density at radius 1 is 1.12 bits per heavy atom. The van der Waals surface area contributed by atoms with Crippen LogP contribution in [-0.4, -0.2) is 42.0 Å². The monoisotopic (exact) mass is 348 g/mol. The molecule has 1 aromatic heterocycles. The number of hydrogen-bond acceptors (Lipinski definition) is 4. The summed E-state index contributed by atoms with van der Waals surface area (Å²) in [5.41, 5.74) is 6.45. The van der Waals surface area contributed by atoms with E-state index in [1.807, 2.05) is 17.0 Å². The van der Waals surface area contributed by atoms with Crippen LogP contribution in [0.4, 0.5) is 10.2 Å². The third-order valence-electron chi connectivity index (χ3n) is 4.17. The number of carbonyl (C=O) groups is 1. The number of carbonyl (C=O) groups excluding carboxylic acids is 1. The van der Waals surface area contributed by atoms with Gasteiger partial charge < -0.3 is 10.6 Å². The number of nitrogens with zero attached hydrogens (tertiary/aromatic N) is 3.